The van der Waals surface area contributed by atoms with Gasteiger partial charge in [0.15, 0.2) is 23.0 Å². The number of benzene rings is 2. The highest BCUT2D eigenvalue weighted by molar-refractivity contribution is 5.84. The van der Waals surface area contributed by atoms with Crippen LogP contribution in [0.5, 0.6) is 23.0 Å². The van der Waals surface area contributed by atoms with E-state index < -0.39 is 0 Å². The molecule has 0 aliphatic heterocycles. The largest absolute Gasteiger partial charge is 0.493 e. The molecular weight excluding hydrogens is 464 g/mol. The van der Waals surface area contributed by atoms with Crippen molar-refractivity contribution in [2.75, 3.05) is 28.4 Å². The number of nitrogens with one attached hydrogen (secondary N) is 2. The van der Waals surface area contributed by atoms with E-state index in [0.29, 0.717) is 35.8 Å². The van der Waals surface area contributed by atoms with Gasteiger partial charge < -0.3 is 18.9 Å². The second-order valence-corrected chi connectivity index (χ2v) is 7.73. The molecule has 10 nitrogen and oxygen atoms in total. The summed E-state index contributed by atoms with van der Waals surface area (Å²) < 4.78 is 20.9. The standard InChI is InChI=1S/C26H34N4O6/c1-33-21-13-11-19(15-23(21)35-3)17-27-29-25(31)9-7-5-6-8-10-26(32)30-28-18-20-12-14-22(34-2)24(16-20)36-4/h11-18H,5-10H2,1-4H3,(H,29,31)(H,30,32)/b27-17-,28-18-. The Bertz CT molecular complexity index is 971. The molecule has 0 radical (unpaired) electrons. The van der Waals surface area contributed by atoms with Crippen LogP contribution in [-0.2, 0) is 9.59 Å². The lowest BCUT2D eigenvalue weighted by atomic mass is 10.1. The van der Waals surface area contributed by atoms with Crippen LogP contribution < -0.4 is 29.8 Å². The summed E-state index contributed by atoms with van der Waals surface area (Å²) in [6, 6.07) is 10.7. The molecule has 0 unspecified atom stereocenters. The monoisotopic (exact) mass is 498 g/mol. The fraction of sp³-hybridized carbons (Fsp3) is 0.385. The van der Waals surface area contributed by atoms with Crippen LogP contribution in [0.25, 0.3) is 0 Å². The van der Waals surface area contributed by atoms with Crippen molar-refractivity contribution in [1.82, 2.24) is 10.9 Å². The van der Waals surface area contributed by atoms with Crippen molar-refractivity contribution in [1.29, 1.82) is 0 Å². The van der Waals surface area contributed by atoms with Crippen molar-refractivity contribution in [2.45, 2.75) is 38.5 Å². The molecule has 0 spiro atoms. The predicted octanol–water partition coefficient (Wildman–Crippen LogP) is 3.66. The molecule has 0 fully saturated rings. The summed E-state index contributed by atoms with van der Waals surface area (Å²) in [6.07, 6.45) is 6.95. The molecule has 2 amide bonds. The van der Waals surface area contributed by atoms with Crippen LogP contribution in [0.3, 0.4) is 0 Å². The number of hydrazone groups is 2. The minimum Gasteiger partial charge on any atom is -0.493 e. The van der Waals surface area contributed by atoms with Gasteiger partial charge in [0.1, 0.15) is 0 Å². The Morgan fingerprint density at radius 2 is 1.03 bits per heavy atom. The number of carbonyl (C=O) groups is 2. The fourth-order valence-electron chi connectivity index (χ4n) is 3.26. The first-order valence-corrected chi connectivity index (χ1v) is 11.6. The number of methoxy groups -OCH3 is 4. The van der Waals surface area contributed by atoms with Gasteiger partial charge in [-0.3, -0.25) is 9.59 Å². The van der Waals surface area contributed by atoms with E-state index in [1.54, 1.807) is 65.1 Å². The normalized spacial score (nSPS) is 10.9. The van der Waals surface area contributed by atoms with Crippen molar-refractivity contribution in [2.24, 2.45) is 10.2 Å². The molecule has 194 valence electrons. The van der Waals surface area contributed by atoms with Gasteiger partial charge >= 0.3 is 0 Å². The Morgan fingerprint density at radius 3 is 1.39 bits per heavy atom. The average Bonchev–Trinajstić information content (AvgIpc) is 2.90. The second-order valence-electron chi connectivity index (χ2n) is 7.73. The maximum Gasteiger partial charge on any atom is 0.240 e. The SMILES string of the molecule is COc1ccc(/C=N\NC(=O)CCCCCCC(=O)N/N=C\c2ccc(OC)c(OC)c2)cc1OC. The lowest BCUT2D eigenvalue weighted by Crippen LogP contribution is -2.17. The maximum atomic E-state index is 11.9. The average molecular weight is 499 g/mol. The van der Waals surface area contributed by atoms with Crippen molar-refractivity contribution in [3.63, 3.8) is 0 Å². The number of hydrogen-bond donors (Lipinski definition) is 2. The Labute approximate surface area is 211 Å². The van der Waals surface area contributed by atoms with E-state index in [2.05, 4.69) is 21.1 Å². The Balaban J connectivity index is 1.58. The molecule has 0 bridgehead atoms. The zero-order valence-corrected chi connectivity index (χ0v) is 21.2. The molecule has 10 heteroatoms. The summed E-state index contributed by atoms with van der Waals surface area (Å²) in [7, 11) is 6.25. The molecule has 0 saturated carbocycles. The topological polar surface area (TPSA) is 120 Å². The first-order valence-electron chi connectivity index (χ1n) is 11.6. The summed E-state index contributed by atoms with van der Waals surface area (Å²) in [4.78, 5) is 23.9. The van der Waals surface area contributed by atoms with E-state index in [1.807, 2.05) is 12.1 Å². The van der Waals surface area contributed by atoms with E-state index in [-0.39, 0.29) is 11.8 Å². The predicted molar refractivity (Wildman–Crippen MR) is 138 cm³/mol. The third kappa shape index (κ3) is 9.65. The highest BCUT2D eigenvalue weighted by Crippen LogP contribution is 2.27. The summed E-state index contributed by atoms with van der Waals surface area (Å²) in [5, 5.41) is 7.96. The maximum absolute atomic E-state index is 11.9. The molecular formula is C26H34N4O6. The lowest BCUT2D eigenvalue weighted by molar-refractivity contribution is -0.122. The van der Waals surface area contributed by atoms with Gasteiger partial charge in [0, 0.05) is 12.8 Å². The van der Waals surface area contributed by atoms with Gasteiger partial charge in [-0.2, -0.15) is 10.2 Å². The molecule has 0 saturated heterocycles. The van der Waals surface area contributed by atoms with Crippen LogP contribution in [0.15, 0.2) is 46.6 Å². The fourth-order valence-corrected chi connectivity index (χ4v) is 3.26. The van der Waals surface area contributed by atoms with Crippen molar-refractivity contribution < 1.29 is 28.5 Å². The lowest BCUT2D eigenvalue weighted by Gasteiger charge is -2.07. The minimum absolute atomic E-state index is 0.158. The zero-order valence-electron chi connectivity index (χ0n) is 21.2. The number of unbranched alkanes of at least 4 members (excludes halogenated alkanes) is 3. The highest BCUT2D eigenvalue weighted by Gasteiger charge is 2.05. The Hall–Kier alpha value is -4.08. The first-order chi connectivity index (χ1) is 17.5. The molecule has 0 aliphatic carbocycles. The number of ether oxygens (including phenoxy) is 4. The van der Waals surface area contributed by atoms with Gasteiger partial charge in [0.25, 0.3) is 0 Å². The molecule has 2 aromatic rings. The quantitative estimate of drug-likeness (QED) is 0.220. The summed E-state index contributed by atoms with van der Waals surface area (Å²) >= 11 is 0. The zero-order chi connectivity index (χ0) is 26.2. The molecule has 2 N–H and O–H groups in total. The van der Waals surface area contributed by atoms with Crippen LogP contribution in [0.2, 0.25) is 0 Å². The number of amides is 2. The molecule has 0 heterocycles. The molecule has 2 rings (SSSR count). The molecule has 0 aromatic heterocycles. The molecule has 0 aliphatic rings. The van der Waals surface area contributed by atoms with E-state index >= 15 is 0 Å². The van der Waals surface area contributed by atoms with Gasteiger partial charge in [-0.15, -0.1) is 0 Å². The number of hydrogen-bond acceptors (Lipinski definition) is 8. The second kappa shape index (κ2) is 15.8. The van der Waals surface area contributed by atoms with Gasteiger partial charge in [-0.1, -0.05) is 12.8 Å². The van der Waals surface area contributed by atoms with E-state index in [1.165, 1.54) is 0 Å². The van der Waals surface area contributed by atoms with Gasteiger partial charge in [0.05, 0.1) is 40.9 Å². The summed E-state index contributed by atoms with van der Waals surface area (Å²) in [5.74, 6) is 2.11. The van der Waals surface area contributed by atoms with Gasteiger partial charge in [-0.05, 0) is 60.4 Å². The van der Waals surface area contributed by atoms with E-state index in [4.69, 9.17) is 18.9 Å². The summed E-state index contributed by atoms with van der Waals surface area (Å²) in [6.45, 7) is 0. The highest BCUT2D eigenvalue weighted by atomic mass is 16.5. The van der Waals surface area contributed by atoms with Crippen molar-refractivity contribution in [3.05, 3.63) is 47.5 Å². The van der Waals surface area contributed by atoms with Gasteiger partial charge in [0.2, 0.25) is 11.8 Å². The summed E-state index contributed by atoms with van der Waals surface area (Å²) in [5.41, 5.74) is 6.59. The first kappa shape index (κ1) is 28.2. The van der Waals surface area contributed by atoms with Gasteiger partial charge in [-0.25, -0.2) is 10.9 Å². The minimum atomic E-state index is -0.158. The van der Waals surface area contributed by atoms with E-state index in [0.717, 1.165) is 36.8 Å². The number of nitrogens with zero attached hydrogens (tertiary/aromatic N) is 2. The van der Waals surface area contributed by atoms with Crippen LogP contribution in [0, 0.1) is 0 Å². The van der Waals surface area contributed by atoms with Crippen LogP contribution in [0.1, 0.15) is 49.7 Å². The molecule has 36 heavy (non-hydrogen) atoms. The van der Waals surface area contributed by atoms with Crippen LogP contribution in [-0.4, -0.2) is 52.7 Å². The Kier molecular flexibility index (Phi) is 12.3. The van der Waals surface area contributed by atoms with Crippen molar-refractivity contribution in [3.8, 4) is 23.0 Å². The number of carbonyl (C=O) groups excluding carboxylic acids is 2. The smallest absolute Gasteiger partial charge is 0.240 e. The third-order valence-electron chi connectivity index (χ3n) is 5.18. The van der Waals surface area contributed by atoms with E-state index in [9.17, 15) is 9.59 Å². The van der Waals surface area contributed by atoms with Crippen LogP contribution in [0.4, 0.5) is 0 Å². The molecule has 2 aromatic carbocycles. The van der Waals surface area contributed by atoms with Crippen molar-refractivity contribution >= 4 is 24.2 Å². The molecule has 0 atom stereocenters. The number of rotatable bonds is 15. The third-order valence-corrected chi connectivity index (χ3v) is 5.18. The van der Waals surface area contributed by atoms with Crippen LogP contribution >= 0.6 is 0 Å². The Morgan fingerprint density at radius 1 is 0.639 bits per heavy atom.